The molecule has 0 saturated carbocycles. The third-order valence-corrected chi connectivity index (χ3v) is 4.11. The average Bonchev–Trinajstić information content (AvgIpc) is 2.28. The molecule has 0 aliphatic carbocycles. The Morgan fingerprint density at radius 3 is 2.94 bits per heavy atom. The summed E-state index contributed by atoms with van der Waals surface area (Å²) in [6, 6.07) is 0.315. The number of aliphatic hydroxyl groups excluding tert-OH is 1. The van der Waals surface area contributed by atoms with Crippen molar-refractivity contribution in [2.45, 2.75) is 32.7 Å². The average molecular weight is 260 g/mol. The lowest BCUT2D eigenvalue weighted by Crippen LogP contribution is -2.43. The first kappa shape index (κ1) is 14.8. The smallest absolute Gasteiger partial charge is 0.221 e. The Morgan fingerprint density at radius 2 is 2.35 bits per heavy atom. The van der Waals surface area contributed by atoms with E-state index in [2.05, 4.69) is 24.5 Å². The summed E-state index contributed by atoms with van der Waals surface area (Å²) < 4.78 is 0. The van der Waals surface area contributed by atoms with Gasteiger partial charge in [0.1, 0.15) is 0 Å². The van der Waals surface area contributed by atoms with Crippen molar-refractivity contribution in [3.63, 3.8) is 0 Å². The molecular weight excluding hydrogens is 236 g/mol. The molecule has 0 aromatic carbocycles. The van der Waals surface area contributed by atoms with Crippen LogP contribution in [0.2, 0.25) is 0 Å². The number of thioether (sulfide) groups is 1. The van der Waals surface area contributed by atoms with E-state index < -0.39 is 0 Å². The number of rotatable bonds is 6. The molecule has 1 aliphatic rings. The minimum Gasteiger partial charge on any atom is -0.396 e. The van der Waals surface area contributed by atoms with E-state index in [0.29, 0.717) is 25.4 Å². The van der Waals surface area contributed by atoms with Crippen LogP contribution in [0.3, 0.4) is 0 Å². The maximum atomic E-state index is 11.7. The zero-order valence-corrected chi connectivity index (χ0v) is 11.6. The van der Waals surface area contributed by atoms with Gasteiger partial charge in [-0.15, -0.1) is 0 Å². The summed E-state index contributed by atoms with van der Waals surface area (Å²) in [6.45, 7) is 5.91. The minimum absolute atomic E-state index is 0.0286. The molecule has 1 rings (SSSR count). The van der Waals surface area contributed by atoms with Gasteiger partial charge in [0.25, 0.3) is 0 Å². The lowest BCUT2D eigenvalue weighted by atomic mass is 9.90. The highest BCUT2D eigenvalue weighted by molar-refractivity contribution is 7.99. The Balaban J connectivity index is 2.20. The van der Waals surface area contributed by atoms with Crippen molar-refractivity contribution in [3.8, 4) is 0 Å². The summed E-state index contributed by atoms with van der Waals surface area (Å²) in [5.41, 5.74) is -0.0286. The summed E-state index contributed by atoms with van der Waals surface area (Å²) in [5.74, 6) is 2.27. The number of amides is 1. The third-order valence-electron chi connectivity index (χ3n) is 2.98. The lowest BCUT2D eigenvalue weighted by Gasteiger charge is -2.26. The maximum absolute atomic E-state index is 11.7. The molecule has 1 aliphatic heterocycles. The first-order valence-corrected chi connectivity index (χ1v) is 7.38. The number of hydrogen-bond donors (Lipinski definition) is 3. The van der Waals surface area contributed by atoms with Crippen molar-refractivity contribution in [1.82, 2.24) is 10.6 Å². The van der Waals surface area contributed by atoms with E-state index in [-0.39, 0.29) is 17.9 Å². The van der Waals surface area contributed by atoms with Crippen LogP contribution in [0.1, 0.15) is 26.7 Å². The molecule has 0 bridgehead atoms. The van der Waals surface area contributed by atoms with Crippen LogP contribution in [0.4, 0.5) is 0 Å². The molecule has 0 aromatic heterocycles. The van der Waals surface area contributed by atoms with Gasteiger partial charge in [-0.2, -0.15) is 11.8 Å². The summed E-state index contributed by atoms with van der Waals surface area (Å²) in [7, 11) is 0. The number of hydrogen-bond acceptors (Lipinski definition) is 4. The van der Waals surface area contributed by atoms with Gasteiger partial charge in [0.05, 0.1) is 0 Å². The van der Waals surface area contributed by atoms with Crippen LogP contribution in [0.25, 0.3) is 0 Å². The number of carbonyl (C=O) groups is 1. The molecule has 5 heteroatoms. The first-order valence-electron chi connectivity index (χ1n) is 6.22. The number of carbonyl (C=O) groups excluding carboxylic acids is 1. The number of aliphatic hydroxyl groups is 1. The SMILES string of the molecule is CC(C)(CCO)CNC(=O)CC1CSCCN1. The topological polar surface area (TPSA) is 61.4 Å². The van der Waals surface area contributed by atoms with Gasteiger partial charge >= 0.3 is 0 Å². The molecule has 17 heavy (non-hydrogen) atoms. The predicted octanol–water partition coefficient (Wildman–Crippen LogP) is 0.606. The van der Waals surface area contributed by atoms with E-state index in [1.165, 1.54) is 0 Å². The molecule has 1 unspecified atom stereocenters. The highest BCUT2D eigenvalue weighted by atomic mass is 32.2. The normalized spacial score (nSPS) is 21.2. The molecule has 0 radical (unpaired) electrons. The highest BCUT2D eigenvalue weighted by Crippen LogP contribution is 2.18. The van der Waals surface area contributed by atoms with Crippen LogP contribution in [0.5, 0.6) is 0 Å². The predicted molar refractivity (Wildman–Crippen MR) is 72.2 cm³/mol. The molecule has 1 heterocycles. The summed E-state index contributed by atoms with van der Waals surface area (Å²) in [5, 5.41) is 15.2. The molecule has 1 fully saturated rings. The molecule has 100 valence electrons. The van der Waals surface area contributed by atoms with E-state index in [0.717, 1.165) is 18.1 Å². The van der Waals surface area contributed by atoms with Crippen LogP contribution in [0.15, 0.2) is 0 Å². The van der Waals surface area contributed by atoms with Gasteiger partial charge in [0, 0.05) is 43.7 Å². The summed E-state index contributed by atoms with van der Waals surface area (Å²) >= 11 is 1.90. The Hall–Kier alpha value is -0.260. The maximum Gasteiger partial charge on any atom is 0.221 e. The van der Waals surface area contributed by atoms with Gasteiger partial charge in [-0.25, -0.2) is 0 Å². The molecule has 3 N–H and O–H groups in total. The second-order valence-corrected chi connectivity index (χ2v) is 6.49. The molecule has 0 spiro atoms. The molecule has 1 saturated heterocycles. The van der Waals surface area contributed by atoms with Crippen molar-refractivity contribution in [3.05, 3.63) is 0 Å². The van der Waals surface area contributed by atoms with Crippen LogP contribution < -0.4 is 10.6 Å². The van der Waals surface area contributed by atoms with Crippen LogP contribution >= 0.6 is 11.8 Å². The van der Waals surface area contributed by atoms with Crippen LogP contribution in [-0.4, -0.2) is 48.3 Å². The largest absolute Gasteiger partial charge is 0.396 e. The second-order valence-electron chi connectivity index (χ2n) is 5.34. The minimum atomic E-state index is -0.0286. The quantitative estimate of drug-likeness (QED) is 0.655. The van der Waals surface area contributed by atoms with E-state index >= 15 is 0 Å². The highest BCUT2D eigenvalue weighted by Gasteiger charge is 2.20. The monoisotopic (exact) mass is 260 g/mol. The van der Waals surface area contributed by atoms with Crippen molar-refractivity contribution in [1.29, 1.82) is 0 Å². The standard InChI is InChI=1S/C12H24N2O2S/c1-12(2,3-5-15)9-14-11(16)7-10-8-17-6-4-13-10/h10,13,15H,3-9H2,1-2H3,(H,14,16). The molecule has 1 amide bonds. The van der Waals surface area contributed by atoms with Crippen molar-refractivity contribution in [2.75, 3.05) is 31.2 Å². The summed E-state index contributed by atoms with van der Waals surface area (Å²) in [4.78, 5) is 11.7. The van der Waals surface area contributed by atoms with Gasteiger partial charge in [0.2, 0.25) is 5.91 Å². The van der Waals surface area contributed by atoms with Crippen molar-refractivity contribution < 1.29 is 9.90 Å². The fourth-order valence-corrected chi connectivity index (χ4v) is 2.72. The fraction of sp³-hybridized carbons (Fsp3) is 0.917. The van der Waals surface area contributed by atoms with Crippen molar-refractivity contribution in [2.24, 2.45) is 5.41 Å². The van der Waals surface area contributed by atoms with Crippen LogP contribution in [0, 0.1) is 5.41 Å². The van der Waals surface area contributed by atoms with E-state index in [9.17, 15) is 4.79 Å². The Morgan fingerprint density at radius 1 is 1.59 bits per heavy atom. The Labute approximate surface area is 108 Å². The van der Waals surface area contributed by atoms with Gasteiger partial charge in [0.15, 0.2) is 0 Å². The zero-order valence-electron chi connectivity index (χ0n) is 10.8. The molecule has 1 atom stereocenters. The van der Waals surface area contributed by atoms with Gasteiger partial charge in [-0.3, -0.25) is 4.79 Å². The molecule has 0 aromatic rings. The molecular formula is C12H24N2O2S. The number of nitrogens with one attached hydrogen (secondary N) is 2. The summed E-state index contributed by atoms with van der Waals surface area (Å²) in [6.07, 6.45) is 1.27. The zero-order chi connectivity index (χ0) is 12.7. The van der Waals surface area contributed by atoms with E-state index in [1.54, 1.807) is 0 Å². The van der Waals surface area contributed by atoms with Gasteiger partial charge in [-0.1, -0.05) is 13.8 Å². The van der Waals surface area contributed by atoms with Gasteiger partial charge in [-0.05, 0) is 11.8 Å². The van der Waals surface area contributed by atoms with Crippen molar-refractivity contribution >= 4 is 17.7 Å². The molecule has 4 nitrogen and oxygen atoms in total. The van der Waals surface area contributed by atoms with E-state index in [4.69, 9.17) is 5.11 Å². The van der Waals surface area contributed by atoms with Crippen LogP contribution in [-0.2, 0) is 4.79 Å². The first-order chi connectivity index (χ1) is 8.03. The Bertz CT molecular complexity index is 241. The van der Waals surface area contributed by atoms with Gasteiger partial charge < -0.3 is 15.7 Å². The Kier molecular flexibility index (Phi) is 6.30. The van der Waals surface area contributed by atoms with E-state index in [1.807, 2.05) is 11.8 Å². The lowest BCUT2D eigenvalue weighted by molar-refractivity contribution is -0.122. The fourth-order valence-electron chi connectivity index (χ4n) is 1.78. The second kappa shape index (κ2) is 7.24. The third kappa shape index (κ3) is 6.29.